The number of aryl methyl sites for hydroxylation is 1. The van der Waals surface area contributed by atoms with E-state index in [-0.39, 0.29) is 16.4 Å². The molecule has 7 nitrogen and oxygen atoms in total. The summed E-state index contributed by atoms with van der Waals surface area (Å²) in [5, 5.41) is 1.94. The van der Waals surface area contributed by atoms with Crippen LogP contribution in [0.3, 0.4) is 0 Å². The number of carbonyl (C=O) groups is 2. The summed E-state index contributed by atoms with van der Waals surface area (Å²) in [6.45, 7) is 4.49. The number of sulfonamides is 1. The Morgan fingerprint density at radius 1 is 0.971 bits per heavy atom. The zero-order valence-electron chi connectivity index (χ0n) is 20.1. The number of piperidine rings is 1. The predicted octanol–water partition coefficient (Wildman–Crippen LogP) is 4.53. The number of carbonyl (C=O) groups excluding carboxylic acids is 2. The highest BCUT2D eigenvalue weighted by Gasteiger charge is 2.27. The molecule has 0 aliphatic carbocycles. The lowest BCUT2D eigenvalue weighted by Crippen LogP contribution is -2.36. The fourth-order valence-electron chi connectivity index (χ4n) is 4.44. The van der Waals surface area contributed by atoms with E-state index in [1.165, 1.54) is 16.4 Å². The average Bonchev–Trinajstić information content (AvgIpc) is 2.88. The molecule has 1 amide bonds. The Morgan fingerprint density at radius 2 is 1.69 bits per heavy atom. The van der Waals surface area contributed by atoms with Crippen LogP contribution >= 0.6 is 0 Å². The fraction of sp³-hybridized carbons (Fsp3) is 0.333. The molecule has 0 bridgehead atoms. The van der Waals surface area contributed by atoms with E-state index >= 15 is 0 Å². The predicted molar refractivity (Wildman–Crippen MR) is 136 cm³/mol. The van der Waals surface area contributed by atoms with Crippen molar-refractivity contribution in [3.8, 4) is 0 Å². The molecule has 0 aromatic heterocycles. The van der Waals surface area contributed by atoms with Crippen LogP contribution in [-0.2, 0) is 19.6 Å². The second-order valence-electron chi connectivity index (χ2n) is 8.65. The van der Waals surface area contributed by atoms with E-state index in [1.54, 1.807) is 17.9 Å². The maximum atomic E-state index is 13.0. The summed E-state index contributed by atoms with van der Waals surface area (Å²) in [5.74, 6) is -1.08. The number of hydrogen-bond donors (Lipinski definition) is 0. The molecule has 1 aliphatic rings. The number of ether oxygens (including phenoxy) is 1. The first-order valence-electron chi connectivity index (χ1n) is 11.9. The van der Waals surface area contributed by atoms with E-state index < -0.39 is 22.6 Å². The Bertz CT molecular complexity index is 1340. The SMILES string of the molecule is CCN(C(=O)COC(=O)c1cc(S(=O)(=O)N2CCCCC2)ccc1C)c1cccc2ccccc12. The lowest BCUT2D eigenvalue weighted by molar-refractivity contribution is -0.121. The summed E-state index contributed by atoms with van der Waals surface area (Å²) in [7, 11) is -3.69. The highest BCUT2D eigenvalue weighted by Crippen LogP contribution is 2.27. The fourth-order valence-corrected chi connectivity index (χ4v) is 5.99. The van der Waals surface area contributed by atoms with Crippen molar-refractivity contribution in [2.45, 2.75) is 38.0 Å². The van der Waals surface area contributed by atoms with Crippen molar-refractivity contribution in [2.24, 2.45) is 0 Å². The van der Waals surface area contributed by atoms with Crippen molar-refractivity contribution in [2.75, 3.05) is 31.1 Å². The molecule has 0 saturated carbocycles. The minimum absolute atomic E-state index is 0.0641. The van der Waals surface area contributed by atoms with E-state index in [0.29, 0.717) is 25.2 Å². The van der Waals surface area contributed by atoms with Gasteiger partial charge in [-0.25, -0.2) is 13.2 Å². The van der Waals surface area contributed by atoms with Gasteiger partial charge in [-0.3, -0.25) is 4.79 Å². The molecule has 35 heavy (non-hydrogen) atoms. The Balaban J connectivity index is 1.50. The first-order valence-corrected chi connectivity index (χ1v) is 13.3. The lowest BCUT2D eigenvalue weighted by Gasteiger charge is -2.26. The molecule has 0 N–H and O–H groups in total. The maximum Gasteiger partial charge on any atom is 0.338 e. The number of esters is 1. The molecule has 0 atom stereocenters. The highest BCUT2D eigenvalue weighted by atomic mass is 32.2. The largest absolute Gasteiger partial charge is 0.452 e. The summed E-state index contributed by atoms with van der Waals surface area (Å²) >= 11 is 0. The third-order valence-electron chi connectivity index (χ3n) is 6.38. The van der Waals surface area contributed by atoms with Crippen LogP contribution in [0.1, 0.15) is 42.1 Å². The normalized spacial score (nSPS) is 14.6. The Hall–Kier alpha value is -3.23. The van der Waals surface area contributed by atoms with Crippen molar-refractivity contribution in [3.63, 3.8) is 0 Å². The molecule has 1 saturated heterocycles. The van der Waals surface area contributed by atoms with Gasteiger partial charge in [0.1, 0.15) is 0 Å². The molecule has 8 heteroatoms. The van der Waals surface area contributed by atoms with Gasteiger partial charge in [0.15, 0.2) is 6.61 Å². The molecule has 1 aliphatic heterocycles. The first-order chi connectivity index (χ1) is 16.8. The molecule has 0 unspecified atom stereocenters. The maximum absolute atomic E-state index is 13.0. The van der Waals surface area contributed by atoms with E-state index in [9.17, 15) is 18.0 Å². The van der Waals surface area contributed by atoms with Crippen LogP contribution in [0.25, 0.3) is 10.8 Å². The minimum Gasteiger partial charge on any atom is -0.452 e. The van der Waals surface area contributed by atoms with Crippen molar-refractivity contribution in [1.29, 1.82) is 0 Å². The van der Waals surface area contributed by atoms with Crippen molar-refractivity contribution in [1.82, 2.24) is 4.31 Å². The smallest absolute Gasteiger partial charge is 0.338 e. The molecule has 184 valence electrons. The summed E-state index contributed by atoms with van der Waals surface area (Å²) < 4.78 is 32.9. The van der Waals surface area contributed by atoms with E-state index in [4.69, 9.17) is 4.74 Å². The Morgan fingerprint density at radius 3 is 2.43 bits per heavy atom. The van der Waals surface area contributed by atoms with Gasteiger partial charge >= 0.3 is 5.97 Å². The van der Waals surface area contributed by atoms with Crippen LogP contribution < -0.4 is 4.90 Å². The monoisotopic (exact) mass is 494 g/mol. The lowest BCUT2D eigenvalue weighted by atomic mass is 10.1. The number of fused-ring (bicyclic) bond motifs is 1. The van der Waals surface area contributed by atoms with Crippen LogP contribution in [-0.4, -0.2) is 50.8 Å². The van der Waals surface area contributed by atoms with Gasteiger partial charge in [0.2, 0.25) is 10.0 Å². The summed E-state index contributed by atoms with van der Waals surface area (Å²) in [6.07, 6.45) is 2.67. The molecular weight excluding hydrogens is 464 g/mol. The van der Waals surface area contributed by atoms with Crippen molar-refractivity contribution >= 4 is 38.4 Å². The second-order valence-corrected chi connectivity index (χ2v) is 10.6. The Labute approximate surface area is 206 Å². The number of rotatable bonds is 7. The topological polar surface area (TPSA) is 84.0 Å². The molecule has 3 aromatic carbocycles. The average molecular weight is 495 g/mol. The third kappa shape index (κ3) is 5.23. The molecule has 4 rings (SSSR count). The molecule has 1 heterocycles. The molecule has 3 aromatic rings. The van der Waals surface area contributed by atoms with Gasteiger partial charge in [-0.1, -0.05) is 48.9 Å². The van der Waals surface area contributed by atoms with Gasteiger partial charge in [0.25, 0.3) is 5.91 Å². The van der Waals surface area contributed by atoms with E-state index in [2.05, 4.69) is 0 Å². The van der Waals surface area contributed by atoms with Crippen LogP contribution in [0.15, 0.2) is 65.6 Å². The zero-order chi connectivity index (χ0) is 25.0. The number of amides is 1. The van der Waals surface area contributed by atoms with Gasteiger partial charge in [-0.2, -0.15) is 4.31 Å². The number of likely N-dealkylation sites (N-methyl/N-ethyl adjacent to an activating group) is 1. The van der Waals surface area contributed by atoms with E-state index in [0.717, 1.165) is 35.7 Å². The summed E-state index contributed by atoms with van der Waals surface area (Å²) in [5.41, 5.74) is 1.47. The molecule has 1 fully saturated rings. The van der Waals surface area contributed by atoms with Crippen molar-refractivity contribution < 1.29 is 22.7 Å². The standard InChI is InChI=1S/C27H30N2O5S/c1-3-29(25-13-9-11-21-10-5-6-12-23(21)25)26(30)19-34-27(31)24-18-22(15-14-20(24)2)35(32,33)28-16-7-4-8-17-28/h5-6,9-15,18H,3-4,7-8,16-17,19H2,1-2H3. The van der Waals surface area contributed by atoms with Gasteiger partial charge in [-0.05, 0) is 55.8 Å². The van der Waals surface area contributed by atoms with Gasteiger partial charge in [0.05, 0.1) is 16.1 Å². The van der Waals surface area contributed by atoms with Gasteiger partial charge in [0, 0.05) is 25.0 Å². The number of benzene rings is 3. The third-order valence-corrected chi connectivity index (χ3v) is 8.28. The number of nitrogens with zero attached hydrogens (tertiary/aromatic N) is 2. The van der Waals surface area contributed by atoms with E-state index in [1.807, 2.05) is 49.4 Å². The van der Waals surface area contributed by atoms with Crippen LogP contribution in [0, 0.1) is 6.92 Å². The first kappa shape index (κ1) is 24.9. The molecular formula is C27H30N2O5S. The summed E-state index contributed by atoms with van der Waals surface area (Å²) in [4.78, 5) is 27.5. The van der Waals surface area contributed by atoms with Crippen LogP contribution in [0.2, 0.25) is 0 Å². The number of hydrogen-bond acceptors (Lipinski definition) is 5. The summed E-state index contributed by atoms with van der Waals surface area (Å²) in [6, 6.07) is 18.0. The highest BCUT2D eigenvalue weighted by molar-refractivity contribution is 7.89. The van der Waals surface area contributed by atoms with Gasteiger partial charge in [-0.15, -0.1) is 0 Å². The van der Waals surface area contributed by atoms with Crippen molar-refractivity contribution in [3.05, 3.63) is 71.8 Å². The molecule has 0 spiro atoms. The second kappa shape index (κ2) is 10.6. The van der Waals surface area contributed by atoms with Crippen LogP contribution in [0.4, 0.5) is 5.69 Å². The number of anilines is 1. The Kier molecular flexibility index (Phi) is 7.52. The van der Waals surface area contributed by atoms with Crippen LogP contribution in [0.5, 0.6) is 0 Å². The van der Waals surface area contributed by atoms with Gasteiger partial charge < -0.3 is 9.64 Å². The minimum atomic E-state index is -3.69. The molecule has 0 radical (unpaired) electrons. The quantitative estimate of drug-likeness (QED) is 0.451. The zero-order valence-corrected chi connectivity index (χ0v) is 20.9.